The molecule has 1 unspecified atom stereocenters. The summed E-state index contributed by atoms with van der Waals surface area (Å²) < 4.78 is 0. The highest BCUT2D eigenvalue weighted by molar-refractivity contribution is 8.00. The average Bonchev–Trinajstić information content (AvgIpc) is 2.27. The highest BCUT2D eigenvalue weighted by Gasteiger charge is 2.13. The van der Waals surface area contributed by atoms with Crippen LogP contribution in [0.5, 0.6) is 0 Å². The molecule has 1 aromatic rings. The van der Waals surface area contributed by atoms with Crippen molar-refractivity contribution in [2.75, 3.05) is 6.54 Å². The SMILES string of the molecule is CCCNC(=O)C(C)Sc1ccccn1. The first kappa shape index (κ1) is 12.0. The van der Waals surface area contributed by atoms with Crippen molar-refractivity contribution in [2.24, 2.45) is 0 Å². The summed E-state index contributed by atoms with van der Waals surface area (Å²) >= 11 is 1.48. The van der Waals surface area contributed by atoms with E-state index >= 15 is 0 Å². The molecule has 1 amide bonds. The lowest BCUT2D eigenvalue weighted by atomic mass is 10.4. The van der Waals surface area contributed by atoms with Crippen LogP contribution in [0.1, 0.15) is 20.3 Å². The maximum atomic E-state index is 11.5. The summed E-state index contributed by atoms with van der Waals surface area (Å²) in [5.41, 5.74) is 0. The first-order valence-electron chi connectivity index (χ1n) is 5.09. The molecule has 0 aliphatic carbocycles. The second kappa shape index (κ2) is 6.45. The molecule has 1 N–H and O–H groups in total. The Morgan fingerprint density at radius 2 is 2.40 bits per heavy atom. The molecule has 1 rings (SSSR count). The Bertz CT molecular complexity index is 303. The number of hydrogen-bond acceptors (Lipinski definition) is 3. The maximum Gasteiger partial charge on any atom is 0.233 e. The van der Waals surface area contributed by atoms with Crippen molar-refractivity contribution < 1.29 is 4.79 Å². The summed E-state index contributed by atoms with van der Waals surface area (Å²) in [7, 11) is 0. The number of pyridine rings is 1. The Balaban J connectivity index is 2.41. The van der Waals surface area contributed by atoms with Crippen molar-refractivity contribution in [3.8, 4) is 0 Å². The summed E-state index contributed by atoms with van der Waals surface area (Å²) in [6.45, 7) is 4.67. The van der Waals surface area contributed by atoms with Gasteiger partial charge in [0.15, 0.2) is 0 Å². The molecule has 3 nitrogen and oxygen atoms in total. The molecule has 0 bridgehead atoms. The third-order valence-electron chi connectivity index (χ3n) is 1.85. The van der Waals surface area contributed by atoms with Crippen LogP contribution in [-0.4, -0.2) is 22.7 Å². The Hall–Kier alpha value is -1.03. The van der Waals surface area contributed by atoms with E-state index in [9.17, 15) is 4.79 Å². The molecule has 82 valence electrons. The molecule has 4 heteroatoms. The van der Waals surface area contributed by atoms with Crippen LogP contribution in [0.3, 0.4) is 0 Å². The van der Waals surface area contributed by atoms with Crippen molar-refractivity contribution >= 4 is 17.7 Å². The zero-order valence-corrected chi connectivity index (χ0v) is 9.88. The second-order valence-electron chi connectivity index (χ2n) is 3.22. The molecule has 0 aromatic carbocycles. The van der Waals surface area contributed by atoms with E-state index in [0.717, 1.165) is 18.0 Å². The van der Waals surface area contributed by atoms with Gasteiger partial charge in [0.2, 0.25) is 5.91 Å². The molecular formula is C11H16N2OS. The topological polar surface area (TPSA) is 42.0 Å². The fourth-order valence-electron chi connectivity index (χ4n) is 1.04. The molecule has 0 aliphatic rings. The van der Waals surface area contributed by atoms with Gasteiger partial charge in [0, 0.05) is 12.7 Å². The van der Waals surface area contributed by atoms with Crippen LogP contribution < -0.4 is 5.32 Å². The standard InChI is InChI=1S/C11H16N2OS/c1-3-7-13-11(14)9(2)15-10-6-4-5-8-12-10/h4-6,8-9H,3,7H2,1-2H3,(H,13,14). The van der Waals surface area contributed by atoms with Crippen LogP contribution in [0.15, 0.2) is 29.4 Å². The number of nitrogens with one attached hydrogen (secondary N) is 1. The van der Waals surface area contributed by atoms with Crippen molar-refractivity contribution in [1.29, 1.82) is 0 Å². The Morgan fingerprint density at radius 3 is 3.00 bits per heavy atom. The average molecular weight is 224 g/mol. The minimum Gasteiger partial charge on any atom is -0.355 e. The monoisotopic (exact) mass is 224 g/mol. The molecule has 1 aromatic heterocycles. The van der Waals surface area contributed by atoms with E-state index < -0.39 is 0 Å². The lowest BCUT2D eigenvalue weighted by Crippen LogP contribution is -2.31. The predicted octanol–water partition coefficient (Wildman–Crippen LogP) is 2.09. The van der Waals surface area contributed by atoms with Gasteiger partial charge < -0.3 is 5.32 Å². The molecule has 0 fully saturated rings. The van der Waals surface area contributed by atoms with Gasteiger partial charge in [-0.05, 0) is 25.5 Å². The zero-order chi connectivity index (χ0) is 11.1. The van der Waals surface area contributed by atoms with E-state index in [-0.39, 0.29) is 11.2 Å². The number of hydrogen-bond donors (Lipinski definition) is 1. The third kappa shape index (κ3) is 4.34. The zero-order valence-electron chi connectivity index (χ0n) is 9.06. The molecule has 0 aliphatic heterocycles. The second-order valence-corrected chi connectivity index (χ2v) is 4.58. The van der Waals surface area contributed by atoms with E-state index in [4.69, 9.17) is 0 Å². The molecule has 15 heavy (non-hydrogen) atoms. The number of aromatic nitrogens is 1. The lowest BCUT2D eigenvalue weighted by Gasteiger charge is -2.10. The smallest absolute Gasteiger partial charge is 0.233 e. The van der Waals surface area contributed by atoms with Gasteiger partial charge in [-0.2, -0.15) is 0 Å². The molecule has 0 saturated carbocycles. The quantitative estimate of drug-likeness (QED) is 0.779. The minimum absolute atomic E-state index is 0.0764. The first-order chi connectivity index (χ1) is 7.24. The molecule has 0 radical (unpaired) electrons. The van der Waals surface area contributed by atoms with Gasteiger partial charge in [0.1, 0.15) is 0 Å². The highest BCUT2D eigenvalue weighted by Crippen LogP contribution is 2.20. The van der Waals surface area contributed by atoms with Crippen LogP contribution in [-0.2, 0) is 4.79 Å². The van der Waals surface area contributed by atoms with Gasteiger partial charge in [-0.25, -0.2) is 4.98 Å². The summed E-state index contributed by atoms with van der Waals surface area (Å²) in [6.07, 6.45) is 2.70. The van der Waals surface area contributed by atoms with Crippen molar-refractivity contribution in [3.63, 3.8) is 0 Å². The van der Waals surface area contributed by atoms with Gasteiger partial charge in [0.25, 0.3) is 0 Å². The minimum atomic E-state index is -0.0913. The summed E-state index contributed by atoms with van der Waals surface area (Å²) in [5.74, 6) is 0.0764. The van der Waals surface area contributed by atoms with Crippen LogP contribution in [0, 0.1) is 0 Å². The highest BCUT2D eigenvalue weighted by atomic mass is 32.2. The van der Waals surface area contributed by atoms with Crippen LogP contribution in [0.25, 0.3) is 0 Å². The van der Waals surface area contributed by atoms with E-state index in [1.165, 1.54) is 11.8 Å². The van der Waals surface area contributed by atoms with Crippen molar-refractivity contribution in [2.45, 2.75) is 30.5 Å². The number of thioether (sulfide) groups is 1. The van der Waals surface area contributed by atoms with Crippen molar-refractivity contribution in [1.82, 2.24) is 10.3 Å². The maximum absolute atomic E-state index is 11.5. The molecule has 1 atom stereocenters. The van der Waals surface area contributed by atoms with Gasteiger partial charge in [0.05, 0.1) is 10.3 Å². The van der Waals surface area contributed by atoms with E-state index in [1.54, 1.807) is 6.20 Å². The molecular weight excluding hydrogens is 208 g/mol. The fourth-order valence-corrected chi connectivity index (χ4v) is 1.87. The van der Waals surface area contributed by atoms with Gasteiger partial charge in [-0.15, -0.1) is 0 Å². The number of nitrogens with zero attached hydrogens (tertiary/aromatic N) is 1. The number of rotatable bonds is 5. The summed E-state index contributed by atoms with van der Waals surface area (Å²) in [4.78, 5) is 15.7. The third-order valence-corrected chi connectivity index (χ3v) is 2.90. The normalized spacial score (nSPS) is 12.1. The molecule has 0 spiro atoms. The van der Waals surface area contributed by atoms with Gasteiger partial charge in [-0.3, -0.25) is 4.79 Å². The van der Waals surface area contributed by atoms with E-state index in [0.29, 0.717) is 0 Å². The van der Waals surface area contributed by atoms with E-state index in [2.05, 4.69) is 10.3 Å². The molecule has 1 heterocycles. The fraction of sp³-hybridized carbons (Fsp3) is 0.455. The predicted molar refractivity (Wildman–Crippen MR) is 62.9 cm³/mol. The van der Waals surface area contributed by atoms with E-state index in [1.807, 2.05) is 32.0 Å². The Kier molecular flexibility index (Phi) is 5.18. The lowest BCUT2D eigenvalue weighted by molar-refractivity contribution is -0.120. The number of amides is 1. The number of carbonyl (C=O) groups excluding carboxylic acids is 1. The van der Waals surface area contributed by atoms with Gasteiger partial charge in [-0.1, -0.05) is 24.8 Å². The first-order valence-corrected chi connectivity index (χ1v) is 5.97. The molecule has 0 saturated heterocycles. The van der Waals surface area contributed by atoms with Crippen LogP contribution in [0.2, 0.25) is 0 Å². The summed E-state index contributed by atoms with van der Waals surface area (Å²) in [6, 6.07) is 5.70. The Labute approximate surface area is 94.7 Å². The summed E-state index contributed by atoms with van der Waals surface area (Å²) in [5, 5.41) is 3.66. The van der Waals surface area contributed by atoms with Crippen molar-refractivity contribution in [3.05, 3.63) is 24.4 Å². The van der Waals surface area contributed by atoms with Crippen LogP contribution >= 0.6 is 11.8 Å². The van der Waals surface area contributed by atoms with Crippen LogP contribution in [0.4, 0.5) is 0 Å². The van der Waals surface area contributed by atoms with Gasteiger partial charge >= 0.3 is 0 Å². The largest absolute Gasteiger partial charge is 0.355 e. The number of carbonyl (C=O) groups is 1. The Morgan fingerprint density at radius 1 is 1.60 bits per heavy atom.